The van der Waals surface area contributed by atoms with Crippen molar-refractivity contribution in [3.63, 3.8) is 0 Å². The first-order valence-corrected chi connectivity index (χ1v) is 33.1. The number of carboxylic acid groups (broad SMARTS) is 2. The Balaban J connectivity index is 2.76. The number of unbranched alkanes of at least 4 members (excludes halogenated alkanes) is 26. The molecule has 1 fully saturated rings. The molecule has 1 saturated heterocycles. The van der Waals surface area contributed by atoms with E-state index >= 15 is 0 Å². The smallest absolute Gasteiger partial charge is 0.306 e. The van der Waals surface area contributed by atoms with Crippen LogP contribution in [0.15, 0.2) is 0 Å². The number of nitrogens with one attached hydrogen (secondary N) is 3. The van der Waals surface area contributed by atoms with Gasteiger partial charge in [-0.1, -0.05) is 201 Å². The van der Waals surface area contributed by atoms with Gasteiger partial charge in [0, 0.05) is 51.3 Å². The molecule has 2 unspecified atom stereocenters. The average molecular weight is 1130 g/mol. The highest BCUT2D eigenvalue weighted by molar-refractivity contribution is 7.99. The number of rotatable bonds is 60. The topological polar surface area (TPSA) is 208 Å². The molecule has 16 heteroatoms. The lowest BCUT2D eigenvalue weighted by molar-refractivity contribution is -0.147. The standard InChI is InChI=1S/C62H117N3O12S/c1-4-7-10-13-16-19-20-21-22-23-26-29-32-37-58(67)65-56(60(68)64-41-34-43-74-45-47-75-46-44-73-42-33-40-63-57(66)38-39-59-76-48-49-77-59)52-78-51-54(55(62(71)72)36-31-28-25-18-15-12-9-6-3)50-53(61(69)70)35-30-27-24-17-14-11-8-5-2/h53-56,59H,4-52H2,1-3H3,(H,63,66)(H,64,68)(H,65,67)(H,69,70)(H,71,72)/t53?,54-,55?,56-/m0/s1. The summed E-state index contributed by atoms with van der Waals surface area (Å²) in [5.41, 5.74) is 0. The summed E-state index contributed by atoms with van der Waals surface area (Å²) in [7, 11) is 0. The highest BCUT2D eigenvalue weighted by Gasteiger charge is 2.33. The van der Waals surface area contributed by atoms with Crippen LogP contribution >= 0.6 is 11.8 Å². The maximum absolute atomic E-state index is 13.8. The molecular weight excluding hydrogens is 1010 g/mol. The normalized spacial score (nSPS) is 14.3. The monoisotopic (exact) mass is 1130 g/mol. The van der Waals surface area contributed by atoms with E-state index < -0.39 is 29.8 Å². The molecule has 0 spiro atoms. The molecule has 0 aromatic carbocycles. The van der Waals surface area contributed by atoms with E-state index in [0.717, 1.165) is 70.6 Å². The van der Waals surface area contributed by atoms with Gasteiger partial charge in [-0.25, -0.2) is 0 Å². The van der Waals surface area contributed by atoms with E-state index in [1.165, 1.54) is 127 Å². The summed E-state index contributed by atoms with van der Waals surface area (Å²) in [6.07, 6.45) is 37.0. The van der Waals surface area contributed by atoms with Crippen molar-refractivity contribution in [2.24, 2.45) is 17.8 Å². The molecule has 5 N–H and O–H groups in total. The maximum atomic E-state index is 13.8. The Bertz CT molecular complexity index is 1420. The van der Waals surface area contributed by atoms with Crippen molar-refractivity contribution in [2.75, 3.05) is 77.5 Å². The molecule has 0 aromatic rings. The molecule has 0 radical (unpaired) electrons. The van der Waals surface area contributed by atoms with Gasteiger partial charge in [-0.3, -0.25) is 24.0 Å². The zero-order chi connectivity index (χ0) is 56.8. The number of carbonyl (C=O) groups excluding carboxylic acids is 3. The average Bonchev–Trinajstić information content (AvgIpc) is 3.96. The van der Waals surface area contributed by atoms with Crippen LogP contribution in [0.2, 0.25) is 0 Å². The van der Waals surface area contributed by atoms with Gasteiger partial charge in [0.2, 0.25) is 17.7 Å². The number of carboxylic acids is 2. The third kappa shape index (κ3) is 45.2. The maximum Gasteiger partial charge on any atom is 0.306 e. The summed E-state index contributed by atoms with van der Waals surface area (Å²) < 4.78 is 27.7. The molecule has 1 rings (SSSR count). The number of hydrogen-bond donors (Lipinski definition) is 5. The Morgan fingerprint density at radius 2 is 0.923 bits per heavy atom. The Hall–Kier alpha value is -2.50. The van der Waals surface area contributed by atoms with Gasteiger partial charge in [0.1, 0.15) is 6.04 Å². The lowest BCUT2D eigenvalue weighted by atomic mass is 9.81. The second kappa shape index (κ2) is 55.1. The zero-order valence-electron chi connectivity index (χ0n) is 49.9. The summed E-state index contributed by atoms with van der Waals surface area (Å²) in [6.45, 7) is 11.3. The zero-order valence-corrected chi connectivity index (χ0v) is 50.7. The van der Waals surface area contributed by atoms with E-state index in [2.05, 4.69) is 36.7 Å². The number of aliphatic carboxylic acids is 2. The predicted octanol–water partition coefficient (Wildman–Crippen LogP) is 13.4. The Labute approximate surface area is 479 Å². The summed E-state index contributed by atoms with van der Waals surface area (Å²) >= 11 is 1.45. The minimum absolute atomic E-state index is 0.0244. The molecular formula is C62H117N3O12S. The number of thioether (sulfide) groups is 1. The number of amides is 3. The van der Waals surface area contributed by atoms with Crippen LogP contribution in [0.1, 0.15) is 258 Å². The lowest BCUT2D eigenvalue weighted by Gasteiger charge is -2.27. The van der Waals surface area contributed by atoms with Crippen LogP contribution in [0.3, 0.4) is 0 Å². The molecule has 0 aromatic heterocycles. The number of hydrogen-bond acceptors (Lipinski definition) is 11. The minimum Gasteiger partial charge on any atom is -0.481 e. The van der Waals surface area contributed by atoms with Crippen LogP contribution in [0.4, 0.5) is 0 Å². The van der Waals surface area contributed by atoms with Gasteiger partial charge in [0.25, 0.3) is 0 Å². The quantitative estimate of drug-likeness (QED) is 0.0360. The van der Waals surface area contributed by atoms with Gasteiger partial charge in [0.15, 0.2) is 6.29 Å². The van der Waals surface area contributed by atoms with Crippen LogP contribution in [0.5, 0.6) is 0 Å². The molecule has 1 heterocycles. The van der Waals surface area contributed by atoms with Crippen LogP contribution < -0.4 is 16.0 Å². The van der Waals surface area contributed by atoms with E-state index in [9.17, 15) is 34.2 Å². The van der Waals surface area contributed by atoms with Gasteiger partial charge in [-0.15, -0.1) is 0 Å². The summed E-state index contributed by atoms with van der Waals surface area (Å²) in [6, 6.07) is -0.818. The van der Waals surface area contributed by atoms with E-state index in [0.29, 0.717) is 117 Å². The fraction of sp³-hybridized carbons (Fsp3) is 0.919. The Morgan fingerprint density at radius 1 is 0.487 bits per heavy atom. The van der Waals surface area contributed by atoms with E-state index in [-0.39, 0.29) is 42.1 Å². The Morgan fingerprint density at radius 3 is 1.40 bits per heavy atom. The van der Waals surface area contributed by atoms with Crippen molar-refractivity contribution in [2.45, 2.75) is 271 Å². The second-order valence-corrected chi connectivity index (χ2v) is 23.1. The van der Waals surface area contributed by atoms with Crippen LogP contribution in [-0.4, -0.2) is 130 Å². The van der Waals surface area contributed by atoms with Crippen molar-refractivity contribution in [1.82, 2.24) is 16.0 Å². The summed E-state index contributed by atoms with van der Waals surface area (Å²) in [5, 5.41) is 30.0. The highest BCUT2D eigenvalue weighted by Crippen LogP contribution is 2.32. The largest absolute Gasteiger partial charge is 0.481 e. The van der Waals surface area contributed by atoms with Crippen molar-refractivity contribution in [1.29, 1.82) is 0 Å². The SMILES string of the molecule is CCCCCCCCCCCCCCCC(=O)N[C@@H](CSC[C@H](CC(CCCCCCCCCC)C(=O)O)C(CCCCCCCCCC)C(=O)O)C(=O)NCCCOCCOCCOCCCNC(=O)CCC1OCCO1. The molecule has 15 nitrogen and oxygen atoms in total. The fourth-order valence-electron chi connectivity index (χ4n) is 10.1. The van der Waals surface area contributed by atoms with E-state index in [1.807, 2.05) is 0 Å². The molecule has 3 amide bonds. The molecule has 4 atom stereocenters. The van der Waals surface area contributed by atoms with E-state index in [4.69, 9.17) is 23.7 Å². The van der Waals surface area contributed by atoms with Crippen LogP contribution in [0, 0.1) is 17.8 Å². The molecule has 1 aliphatic heterocycles. The molecule has 78 heavy (non-hydrogen) atoms. The van der Waals surface area contributed by atoms with Gasteiger partial charge in [-0.2, -0.15) is 11.8 Å². The first kappa shape index (κ1) is 73.5. The first-order chi connectivity index (χ1) is 38.1. The predicted molar refractivity (Wildman–Crippen MR) is 317 cm³/mol. The van der Waals surface area contributed by atoms with E-state index in [1.54, 1.807) is 0 Å². The van der Waals surface area contributed by atoms with Crippen molar-refractivity contribution in [3.8, 4) is 0 Å². The van der Waals surface area contributed by atoms with Gasteiger partial charge in [-0.05, 0) is 50.2 Å². The molecule has 0 aliphatic carbocycles. The van der Waals surface area contributed by atoms with Crippen molar-refractivity contribution >= 4 is 41.4 Å². The van der Waals surface area contributed by atoms with Crippen molar-refractivity contribution < 1.29 is 57.9 Å². The Kier molecular flexibility index (Phi) is 51.9. The lowest BCUT2D eigenvalue weighted by Crippen LogP contribution is -2.48. The third-order valence-corrected chi connectivity index (χ3v) is 16.2. The molecule has 0 bridgehead atoms. The molecule has 1 aliphatic rings. The van der Waals surface area contributed by atoms with Gasteiger partial charge < -0.3 is 49.8 Å². The number of ether oxygens (including phenoxy) is 5. The molecule has 0 saturated carbocycles. The number of carbonyl (C=O) groups is 5. The second-order valence-electron chi connectivity index (χ2n) is 22.0. The first-order valence-electron chi connectivity index (χ1n) is 32.0. The van der Waals surface area contributed by atoms with Gasteiger partial charge in [0.05, 0.1) is 51.5 Å². The minimum atomic E-state index is -0.883. The summed E-state index contributed by atoms with van der Waals surface area (Å²) in [5.74, 6) is -3.29. The third-order valence-electron chi connectivity index (χ3n) is 15.0. The molecule has 458 valence electrons. The van der Waals surface area contributed by atoms with Crippen molar-refractivity contribution in [3.05, 3.63) is 0 Å². The summed E-state index contributed by atoms with van der Waals surface area (Å²) in [4.78, 5) is 64.9. The van der Waals surface area contributed by atoms with Crippen LogP contribution in [0.25, 0.3) is 0 Å². The van der Waals surface area contributed by atoms with Gasteiger partial charge >= 0.3 is 11.9 Å². The van der Waals surface area contributed by atoms with Crippen LogP contribution in [-0.2, 0) is 47.7 Å². The highest BCUT2D eigenvalue weighted by atomic mass is 32.2. The fourth-order valence-corrected chi connectivity index (χ4v) is 11.4.